The van der Waals surface area contributed by atoms with Crippen molar-refractivity contribution < 1.29 is 9.53 Å². The van der Waals surface area contributed by atoms with Gasteiger partial charge in [0.05, 0.1) is 0 Å². The van der Waals surface area contributed by atoms with Gasteiger partial charge >= 0.3 is 0 Å². The van der Waals surface area contributed by atoms with Gasteiger partial charge < -0.3 is 9.64 Å². The number of hydrogen-bond acceptors (Lipinski definition) is 7. The number of aromatic nitrogens is 5. The summed E-state index contributed by atoms with van der Waals surface area (Å²) < 4.78 is 5.58. The van der Waals surface area contributed by atoms with Gasteiger partial charge in [0, 0.05) is 37.0 Å². The summed E-state index contributed by atoms with van der Waals surface area (Å²) in [5.41, 5.74) is 1.92. The van der Waals surface area contributed by atoms with E-state index < -0.39 is 0 Å². The fourth-order valence-electron chi connectivity index (χ4n) is 3.67. The predicted octanol–water partition coefficient (Wildman–Crippen LogP) is 1.92. The number of carbonyl (C=O) groups excluding carboxylic acids is 1. The van der Waals surface area contributed by atoms with E-state index in [1.807, 2.05) is 19.9 Å². The third kappa shape index (κ3) is 4.08. The number of piperidine rings is 1. The molecular weight excluding hydrogens is 346 g/mol. The maximum atomic E-state index is 12.6. The Labute approximate surface area is 157 Å². The second kappa shape index (κ2) is 7.59. The molecule has 2 aliphatic heterocycles. The number of aromatic amines is 1. The smallest absolute Gasteiger partial charge is 0.248 e. The van der Waals surface area contributed by atoms with E-state index in [4.69, 9.17) is 4.74 Å². The standard InChI is InChI=1S/C18H25N7O2/c1-11-10-12(2)20-18(19-11)25-7-5-13(6-8-25)16(26)22-17-21-15(23-24-17)14-4-3-9-27-14/h10,13-14H,3-9H2,1-2H3,(H2,21,22,23,24,26)/t14-/m1/s1. The van der Waals surface area contributed by atoms with Crippen molar-refractivity contribution in [1.29, 1.82) is 0 Å². The summed E-state index contributed by atoms with van der Waals surface area (Å²) in [6.45, 7) is 6.21. The van der Waals surface area contributed by atoms with Gasteiger partial charge in [-0.05, 0) is 45.6 Å². The van der Waals surface area contributed by atoms with Gasteiger partial charge in [0.1, 0.15) is 6.10 Å². The number of nitrogens with one attached hydrogen (secondary N) is 2. The molecule has 2 aromatic heterocycles. The van der Waals surface area contributed by atoms with Crippen molar-refractivity contribution in [2.24, 2.45) is 5.92 Å². The molecule has 27 heavy (non-hydrogen) atoms. The van der Waals surface area contributed by atoms with Gasteiger partial charge in [-0.25, -0.2) is 9.97 Å². The number of rotatable bonds is 4. The van der Waals surface area contributed by atoms with Crippen LogP contribution < -0.4 is 10.2 Å². The minimum Gasteiger partial charge on any atom is -0.370 e. The Kier molecular flexibility index (Phi) is 5.02. The molecule has 0 radical (unpaired) electrons. The normalized spacial score (nSPS) is 20.8. The zero-order valence-electron chi connectivity index (χ0n) is 15.7. The van der Waals surface area contributed by atoms with Gasteiger partial charge in [-0.15, -0.1) is 5.10 Å². The average molecular weight is 371 g/mol. The zero-order valence-corrected chi connectivity index (χ0v) is 15.7. The van der Waals surface area contributed by atoms with E-state index in [1.165, 1.54) is 0 Å². The number of anilines is 2. The van der Waals surface area contributed by atoms with Crippen LogP contribution in [0.4, 0.5) is 11.9 Å². The second-order valence-corrected chi connectivity index (χ2v) is 7.25. The largest absolute Gasteiger partial charge is 0.370 e. The van der Waals surface area contributed by atoms with Crippen molar-refractivity contribution in [2.75, 3.05) is 29.9 Å². The minimum atomic E-state index is -0.0585. The number of carbonyl (C=O) groups is 1. The SMILES string of the molecule is Cc1cc(C)nc(N2CCC(C(=O)Nc3n[nH]c([C@H]4CCCO4)n3)CC2)n1. The molecule has 2 aliphatic rings. The van der Waals surface area contributed by atoms with E-state index >= 15 is 0 Å². The summed E-state index contributed by atoms with van der Waals surface area (Å²) in [5.74, 6) is 1.67. The van der Waals surface area contributed by atoms with Crippen LogP contribution in [0.2, 0.25) is 0 Å². The van der Waals surface area contributed by atoms with Crippen molar-refractivity contribution in [3.8, 4) is 0 Å². The number of hydrogen-bond donors (Lipinski definition) is 2. The first-order chi connectivity index (χ1) is 13.1. The van der Waals surface area contributed by atoms with Gasteiger partial charge in [0.25, 0.3) is 0 Å². The molecule has 2 fully saturated rings. The van der Waals surface area contributed by atoms with Crippen molar-refractivity contribution in [2.45, 2.75) is 45.6 Å². The van der Waals surface area contributed by atoms with E-state index in [9.17, 15) is 4.79 Å². The van der Waals surface area contributed by atoms with E-state index in [1.54, 1.807) is 0 Å². The fraction of sp³-hybridized carbons (Fsp3) is 0.611. The van der Waals surface area contributed by atoms with E-state index in [0.717, 1.165) is 62.7 Å². The minimum absolute atomic E-state index is 0.0334. The lowest BCUT2D eigenvalue weighted by Gasteiger charge is -2.31. The molecule has 9 heteroatoms. The van der Waals surface area contributed by atoms with Crippen LogP contribution in [-0.4, -0.2) is 50.8 Å². The molecule has 0 unspecified atom stereocenters. The molecule has 1 atom stereocenters. The quantitative estimate of drug-likeness (QED) is 0.845. The van der Waals surface area contributed by atoms with Crippen molar-refractivity contribution in [3.05, 3.63) is 23.3 Å². The Hall–Kier alpha value is -2.55. The number of aryl methyl sites for hydroxylation is 2. The van der Waals surface area contributed by atoms with E-state index in [-0.39, 0.29) is 17.9 Å². The third-order valence-corrected chi connectivity index (χ3v) is 5.09. The van der Waals surface area contributed by atoms with Crippen molar-refractivity contribution in [1.82, 2.24) is 25.1 Å². The van der Waals surface area contributed by atoms with Gasteiger partial charge in [-0.1, -0.05) is 0 Å². The summed E-state index contributed by atoms with van der Waals surface area (Å²) in [6.07, 6.45) is 3.43. The van der Waals surface area contributed by atoms with Crippen LogP contribution in [0, 0.1) is 19.8 Å². The molecule has 2 aromatic rings. The van der Waals surface area contributed by atoms with E-state index in [0.29, 0.717) is 11.8 Å². The van der Waals surface area contributed by atoms with Gasteiger partial charge in [-0.3, -0.25) is 15.2 Å². The molecule has 0 bridgehead atoms. The number of nitrogens with zero attached hydrogens (tertiary/aromatic N) is 5. The Bertz CT molecular complexity index is 788. The lowest BCUT2D eigenvalue weighted by Crippen LogP contribution is -2.39. The van der Waals surface area contributed by atoms with Crippen molar-refractivity contribution >= 4 is 17.8 Å². The maximum absolute atomic E-state index is 12.6. The molecule has 2 saturated heterocycles. The molecule has 1 amide bonds. The van der Waals surface area contributed by atoms with Gasteiger partial charge in [-0.2, -0.15) is 4.98 Å². The van der Waals surface area contributed by atoms with Gasteiger partial charge in [0.2, 0.25) is 17.8 Å². The molecule has 4 heterocycles. The first kappa shape index (κ1) is 17.8. The first-order valence-corrected chi connectivity index (χ1v) is 9.50. The highest BCUT2D eigenvalue weighted by atomic mass is 16.5. The molecule has 144 valence electrons. The maximum Gasteiger partial charge on any atom is 0.248 e. The summed E-state index contributed by atoms with van der Waals surface area (Å²) in [7, 11) is 0. The number of ether oxygens (including phenoxy) is 1. The highest BCUT2D eigenvalue weighted by Gasteiger charge is 2.28. The van der Waals surface area contributed by atoms with Crippen LogP contribution >= 0.6 is 0 Å². The zero-order chi connectivity index (χ0) is 18.8. The summed E-state index contributed by atoms with van der Waals surface area (Å²) >= 11 is 0. The molecular formula is C18H25N7O2. The number of amides is 1. The van der Waals surface area contributed by atoms with Crippen LogP contribution in [0.3, 0.4) is 0 Å². The molecule has 9 nitrogen and oxygen atoms in total. The molecule has 2 N–H and O–H groups in total. The Morgan fingerprint density at radius 3 is 2.59 bits per heavy atom. The summed E-state index contributed by atoms with van der Waals surface area (Å²) in [6, 6.07) is 1.96. The lowest BCUT2D eigenvalue weighted by molar-refractivity contribution is -0.120. The van der Waals surface area contributed by atoms with Crippen LogP contribution in [0.1, 0.15) is 49.0 Å². The van der Waals surface area contributed by atoms with Crippen LogP contribution in [-0.2, 0) is 9.53 Å². The Morgan fingerprint density at radius 2 is 1.93 bits per heavy atom. The van der Waals surface area contributed by atoms with Crippen LogP contribution in [0.25, 0.3) is 0 Å². The average Bonchev–Trinajstić information content (AvgIpc) is 3.32. The van der Waals surface area contributed by atoms with E-state index in [2.05, 4.69) is 35.4 Å². The third-order valence-electron chi connectivity index (χ3n) is 5.09. The van der Waals surface area contributed by atoms with Gasteiger partial charge in [0.15, 0.2) is 5.82 Å². The van der Waals surface area contributed by atoms with Crippen LogP contribution in [0.5, 0.6) is 0 Å². The Balaban J connectivity index is 1.32. The fourth-order valence-corrected chi connectivity index (χ4v) is 3.67. The highest BCUT2D eigenvalue weighted by Crippen LogP contribution is 2.26. The highest BCUT2D eigenvalue weighted by molar-refractivity contribution is 5.91. The summed E-state index contributed by atoms with van der Waals surface area (Å²) in [5, 5.41) is 9.80. The molecule has 0 aromatic carbocycles. The number of H-pyrrole nitrogens is 1. The monoisotopic (exact) mass is 371 g/mol. The predicted molar refractivity (Wildman–Crippen MR) is 99.4 cm³/mol. The molecule has 0 spiro atoms. The first-order valence-electron chi connectivity index (χ1n) is 9.50. The Morgan fingerprint density at radius 1 is 1.19 bits per heavy atom. The molecule has 0 saturated carbocycles. The second-order valence-electron chi connectivity index (χ2n) is 7.25. The molecule has 4 rings (SSSR count). The lowest BCUT2D eigenvalue weighted by atomic mass is 9.96. The van der Waals surface area contributed by atoms with Crippen molar-refractivity contribution in [3.63, 3.8) is 0 Å². The topological polar surface area (TPSA) is 109 Å². The molecule has 0 aliphatic carbocycles. The summed E-state index contributed by atoms with van der Waals surface area (Å²) in [4.78, 5) is 28.1. The van der Waals surface area contributed by atoms with Crippen LogP contribution in [0.15, 0.2) is 6.07 Å².